The van der Waals surface area contributed by atoms with Crippen molar-refractivity contribution in [1.29, 1.82) is 0 Å². The van der Waals surface area contributed by atoms with Gasteiger partial charge < -0.3 is 15.2 Å². The van der Waals surface area contributed by atoms with E-state index in [0.717, 1.165) is 6.07 Å². The third-order valence-electron chi connectivity index (χ3n) is 2.37. The molecule has 0 aliphatic rings. The quantitative estimate of drug-likeness (QED) is 0.594. The van der Waals surface area contributed by atoms with Crippen LogP contribution in [-0.4, -0.2) is 35.2 Å². The molecule has 0 bridgehead atoms. The Balaban J connectivity index is 3.01. The first kappa shape index (κ1) is 14.9. The van der Waals surface area contributed by atoms with Gasteiger partial charge in [-0.05, 0) is 26.0 Å². The Bertz CT molecular complexity index is 475. The number of nitro benzene ring substituents is 1. The van der Waals surface area contributed by atoms with Gasteiger partial charge in [-0.3, -0.25) is 14.9 Å². The molecule has 0 fully saturated rings. The van der Waals surface area contributed by atoms with Gasteiger partial charge in [0, 0.05) is 17.7 Å². The van der Waals surface area contributed by atoms with Crippen molar-refractivity contribution in [2.24, 2.45) is 0 Å². The largest absolute Gasteiger partial charge is 0.487 e. The molecule has 1 rings (SSSR count). The van der Waals surface area contributed by atoms with Crippen molar-refractivity contribution in [1.82, 2.24) is 5.32 Å². The molecule has 0 saturated carbocycles. The minimum atomic E-state index is -0.600. The Labute approximate surface area is 110 Å². The van der Waals surface area contributed by atoms with Crippen molar-refractivity contribution in [2.45, 2.75) is 19.9 Å². The summed E-state index contributed by atoms with van der Waals surface area (Å²) in [4.78, 5) is 22.1. The van der Waals surface area contributed by atoms with Crippen molar-refractivity contribution >= 4 is 11.6 Å². The monoisotopic (exact) mass is 268 g/mol. The SMILES string of the molecule is CCOc1ccc(C(=O)NC(C)CO)cc1[N+](=O)[O-]. The van der Waals surface area contributed by atoms with Gasteiger partial charge in [-0.1, -0.05) is 0 Å². The molecule has 1 aromatic carbocycles. The summed E-state index contributed by atoms with van der Waals surface area (Å²) >= 11 is 0. The van der Waals surface area contributed by atoms with Crippen LogP contribution < -0.4 is 10.1 Å². The van der Waals surface area contributed by atoms with Gasteiger partial charge in [0.2, 0.25) is 0 Å². The summed E-state index contributed by atoms with van der Waals surface area (Å²) < 4.78 is 5.12. The third-order valence-corrected chi connectivity index (χ3v) is 2.37. The number of hydrogen-bond acceptors (Lipinski definition) is 5. The fourth-order valence-electron chi connectivity index (χ4n) is 1.43. The average Bonchev–Trinajstić information content (AvgIpc) is 2.38. The summed E-state index contributed by atoms with van der Waals surface area (Å²) in [6.07, 6.45) is 0. The highest BCUT2D eigenvalue weighted by atomic mass is 16.6. The zero-order valence-electron chi connectivity index (χ0n) is 10.8. The molecular formula is C12H16N2O5. The minimum absolute atomic E-state index is 0.124. The number of carbonyl (C=O) groups is 1. The maximum Gasteiger partial charge on any atom is 0.311 e. The van der Waals surface area contributed by atoms with Gasteiger partial charge in [-0.2, -0.15) is 0 Å². The summed E-state index contributed by atoms with van der Waals surface area (Å²) in [5.41, 5.74) is -0.110. The number of hydrogen-bond donors (Lipinski definition) is 2. The fourth-order valence-corrected chi connectivity index (χ4v) is 1.43. The van der Waals surface area contributed by atoms with E-state index in [1.807, 2.05) is 0 Å². The Morgan fingerprint density at radius 3 is 2.79 bits per heavy atom. The van der Waals surface area contributed by atoms with E-state index in [9.17, 15) is 14.9 Å². The standard InChI is InChI=1S/C12H16N2O5/c1-3-19-11-5-4-9(6-10(11)14(17)18)12(16)13-8(2)7-15/h4-6,8,15H,3,7H2,1-2H3,(H,13,16). The Morgan fingerprint density at radius 1 is 1.58 bits per heavy atom. The lowest BCUT2D eigenvalue weighted by molar-refractivity contribution is -0.385. The number of aliphatic hydroxyl groups is 1. The highest BCUT2D eigenvalue weighted by Crippen LogP contribution is 2.27. The fraction of sp³-hybridized carbons (Fsp3) is 0.417. The molecule has 0 heterocycles. The molecule has 0 spiro atoms. The topological polar surface area (TPSA) is 102 Å². The smallest absolute Gasteiger partial charge is 0.311 e. The molecule has 0 aliphatic carbocycles. The molecule has 0 saturated heterocycles. The molecular weight excluding hydrogens is 252 g/mol. The van der Waals surface area contributed by atoms with Crippen LogP contribution in [0.1, 0.15) is 24.2 Å². The van der Waals surface area contributed by atoms with Gasteiger partial charge in [0.1, 0.15) is 0 Å². The van der Waals surface area contributed by atoms with Crippen molar-refractivity contribution < 1.29 is 19.6 Å². The van der Waals surface area contributed by atoms with Crippen LogP contribution >= 0.6 is 0 Å². The molecule has 2 N–H and O–H groups in total. The van der Waals surface area contributed by atoms with Crippen LogP contribution in [0.15, 0.2) is 18.2 Å². The maximum absolute atomic E-state index is 11.8. The number of nitrogens with one attached hydrogen (secondary N) is 1. The molecule has 1 atom stereocenters. The number of amides is 1. The zero-order chi connectivity index (χ0) is 14.4. The summed E-state index contributed by atoms with van der Waals surface area (Å²) in [7, 11) is 0. The second-order valence-electron chi connectivity index (χ2n) is 3.93. The van der Waals surface area contributed by atoms with Gasteiger partial charge in [-0.25, -0.2) is 0 Å². The van der Waals surface area contributed by atoms with Gasteiger partial charge in [-0.15, -0.1) is 0 Å². The molecule has 104 valence electrons. The molecule has 1 aromatic rings. The van der Waals surface area contributed by atoms with Crippen LogP contribution in [0.3, 0.4) is 0 Å². The molecule has 7 heteroatoms. The van der Waals surface area contributed by atoms with Gasteiger partial charge >= 0.3 is 5.69 Å². The number of benzene rings is 1. The van der Waals surface area contributed by atoms with Gasteiger partial charge in [0.15, 0.2) is 5.75 Å². The number of aliphatic hydroxyl groups excluding tert-OH is 1. The number of rotatable bonds is 6. The van der Waals surface area contributed by atoms with Gasteiger partial charge in [0.05, 0.1) is 18.1 Å². The van der Waals surface area contributed by atoms with Crippen molar-refractivity contribution in [3.63, 3.8) is 0 Å². The number of nitrogens with zero attached hydrogens (tertiary/aromatic N) is 1. The van der Waals surface area contributed by atoms with E-state index in [4.69, 9.17) is 9.84 Å². The first-order valence-corrected chi connectivity index (χ1v) is 5.82. The molecule has 1 amide bonds. The lowest BCUT2D eigenvalue weighted by atomic mass is 10.1. The van der Waals surface area contributed by atoms with E-state index in [1.54, 1.807) is 13.8 Å². The highest BCUT2D eigenvalue weighted by molar-refractivity contribution is 5.95. The first-order valence-electron chi connectivity index (χ1n) is 5.82. The summed E-state index contributed by atoms with van der Waals surface area (Å²) in [5, 5.41) is 22.3. The van der Waals surface area contributed by atoms with Crippen molar-refractivity contribution in [3.8, 4) is 5.75 Å². The average molecular weight is 268 g/mol. The summed E-state index contributed by atoms with van der Waals surface area (Å²) in [5.74, 6) is -0.355. The lowest BCUT2D eigenvalue weighted by Gasteiger charge is -2.11. The second kappa shape index (κ2) is 6.69. The highest BCUT2D eigenvalue weighted by Gasteiger charge is 2.19. The van der Waals surface area contributed by atoms with Crippen LogP contribution in [0.5, 0.6) is 5.75 Å². The van der Waals surface area contributed by atoms with Crippen LogP contribution in [0.25, 0.3) is 0 Å². The molecule has 0 aromatic heterocycles. The van der Waals surface area contributed by atoms with Crippen molar-refractivity contribution in [3.05, 3.63) is 33.9 Å². The van der Waals surface area contributed by atoms with Crippen LogP contribution in [-0.2, 0) is 0 Å². The van der Waals surface area contributed by atoms with Crippen molar-refractivity contribution in [2.75, 3.05) is 13.2 Å². The van der Waals surface area contributed by atoms with Crippen LogP contribution in [0.4, 0.5) is 5.69 Å². The van der Waals surface area contributed by atoms with E-state index >= 15 is 0 Å². The number of ether oxygens (including phenoxy) is 1. The Morgan fingerprint density at radius 2 is 2.26 bits per heavy atom. The minimum Gasteiger partial charge on any atom is -0.487 e. The predicted octanol–water partition coefficient (Wildman–Crippen LogP) is 1.10. The zero-order valence-corrected chi connectivity index (χ0v) is 10.8. The Kier molecular flexibility index (Phi) is 5.25. The van der Waals surface area contributed by atoms with E-state index in [2.05, 4.69) is 5.32 Å². The maximum atomic E-state index is 11.8. The predicted molar refractivity (Wildman–Crippen MR) is 68.3 cm³/mol. The van der Waals surface area contributed by atoms with Crippen LogP contribution in [0.2, 0.25) is 0 Å². The summed E-state index contributed by atoms with van der Waals surface area (Å²) in [6, 6.07) is 3.57. The second-order valence-corrected chi connectivity index (χ2v) is 3.93. The van der Waals surface area contributed by atoms with E-state index in [0.29, 0.717) is 6.61 Å². The summed E-state index contributed by atoms with van der Waals surface area (Å²) in [6.45, 7) is 3.44. The van der Waals surface area contributed by atoms with E-state index in [-0.39, 0.29) is 23.6 Å². The third kappa shape index (κ3) is 3.92. The molecule has 0 radical (unpaired) electrons. The number of nitro groups is 1. The Hall–Kier alpha value is -2.15. The molecule has 0 aliphatic heterocycles. The van der Waals surface area contributed by atoms with E-state index in [1.165, 1.54) is 12.1 Å². The first-order chi connectivity index (χ1) is 8.99. The van der Waals surface area contributed by atoms with Crippen LogP contribution in [0, 0.1) is 10.1 Å². The molecule has 7 nitrogen and oxygen atoms in total. The number of carbonyl (C=O) groups excluding carboxylic acids is 1. The lowest BCUT2D eigenvalue weighted by Crippen LogP contribution is -2.34. The normalized spacial score (nSPS) is 11.7. The van der Waals surface area contributed by atoms with Gasteiger partial charge in [0.25, 0.3) is 5.91 Å². The molecule has 1 unspecified atom stereocenters. The van der Waals surface area contributed by atoms with E-state index < -0.39 is 16.9 Å². The molecule has 19 heavy (non-hydrogen) atoms.